The van der Waals surface area contributed by atoms with Crippen LogP contribution < -0.4 is 15.4 Å². The topological polar surface area (TPSA) is 94.0 Å². The minimum atomic E-state index is -1.12. The van der Waals surface area contributed by atoms with Crippen molar-refractivity contribution in [3.05, 3.63) is 93.8 Å². The molecule has 40 heavy (non-hydrogen) atoms. The molecule has 2 heterocycles. The number of halogens is 3. The normalized spacial score (nSPS) is 12.2. The van der Waals surface area contributed by atoms with Crippen LogP contribution in [0.5, 0.6) is 5.75 Å². The number of anilines is 1. The van der Waals surface area contributed by atoms with Gasteiger partial charge in [-0.3, -0.25) is 9.20 Å². The number of hydrogen-bond donors (Lipinski definition) is 2. The maximum Gasteiger partial charge on any atom is 0.408 e. The number of amides is 2. The van der Waals surface area contributed by atoms with Gasteiger partial charge in [0.15, 0.2) is 11.4 Å². The fraction of sp³-hybridized carbons (Fsp3) is 0.276. The Morgan fingerprint density at radius 2 is 1.73 bits per heavy atom. The van der Waals surface area contributed by atoms with Crippen LogP contribution in [0.4, 0.5) is 19.4 Å². The number of alkyl carbamates (subject to hydrolysis) is 1. The number of nitrogens with zero attached hydrogens (tertiary/aromatic N) is 2. The molecule has 1 atom stereocenters. The summed E-state index contributed by atoms with van der Waals surface area (Å²) in [4.78, 5) is 30.7. The lowest BCUT2D eigenvalue weighted by Gasteiger charge is -2.23. The second-order valence-corrected chi connectivity index (χ2v) is 10.7. The Kier molecular flexibility index (Phi) is 8.29. The third kappa shape index (κ3) is 6.69. The zero-order valence-corrected chi connectivity index (χ0v) is 23.4. The smallest absolute Gasteiger partial charge is 0.408 e. The van der Waals surface area contributed by atoms with Crippen molar-refractivity contribution in [3.8, 4) is 5.75 Å². The number of pyridine rings is 1. The van der Waals surface area contributed by atoms with Crippen LogP contribution in [-0.4, -0.2) is 27.0 Å². The number of aryl methyl sites for hydroxylation is 2. The largest absolute Gasteiger partial charge is 0.485 e. The Morgan fingerprint density at radius 1 is 1.07 bits per heavy atom. The summed E-state index contributed by atoms with van der Waals surface area (Å²) in [5, 5.41) is 5.93. The number of aromatic nitrogens is 2. The summed E-state index contributed by atoms with van der Waals surface area (Å²) in [5.74, 6) is -1.40. The van der Waals surface area contributed by atoms with Crippen molar-refractivity contribution in [1.82, 2.24) is 14.7 Å². The van der Waals surface area contributed by atoms with Gasteiger partial charge in [0, 0.05) is 11.2 Å². The van der Waals surface area contributed by atoms with Gasteiger partial charge in [-0.15, -0.1) is 0 Å². The molecule has 0 spiro atoms. The number of carbonyl (C=O) groups excluding carboxylic acids is 2. The average Bonchev–Trinajstić information content (AvgIpc) is 3.16. The second kappa shape index (κ2) is 11.5. The van der Waals surface area contributed by atoms with Crippen LogP contribution in [0.25, 0.3) is 5.65 Å². The van der Waals surface area contributed by atoms with Gasteiger partial charge in [0.05, 0.1) is 11.3 Å². The molecular formula is C29H29ClF2N4O4. The predicted octanol–water partition coefficient (Wildman–Crippen LogP) is 6.67. The minimum absolute atomic E-state index is 0.210. The van der Waals surface area contributed by atoms with E-state index in [2.05, 4.69) is 15.6 Å². The summed E-state index contributed by atoms with van der Waals surface area (Å²) in [5.41, 5.74) is 1.02. The molecule has 0 aliphatic carbocycles. The van der Waals surface area contributed by atoms with Gasteiger partial charge in [0.1, 0.15) is 35.7 Å². The molecule has 8 nitrogen and oxygen atoms in total. The van der Waals surface area contributed by atoms with Crippen LogP contribution in [0.2, 0.25) is 5.02 Å². The summed E-state index contributed by atoms with van der Waals surface area (Å²) in [6.07, 6.45) is 0.962. The molecule has 0 fully saturated rings. The summed E-state index contributed by atoms with van der Waals surface area (Å²) in [7, 11) is 0. The molecule has 2 aromatic heterocycles. The van der Waals surface area contributed by atoms with Gasteiger partial charge in [0.25, 0.3) is 5.91 Å². The van der Waals surface area contributed by atoms with E-state index in [4.69, 9.17) is 21.1 Å². The zero-order chi connectivity index (χ0) is 29.2. The zero-order valence-electron chi connectivity index (χ0n) is 22.6. The van der Waals surface area contributed by atoms with Gasteiger partial charge in [0.2, 0.25) is 0 Å². The fourth-order valence-corrected chi connectivity index (χ4v) is 4.13. The SMILES string of the molecule is Cc1cc(OCc2c(F)cccc2F)c2nc(C)c(NC(=O)C(NC(=O)OC(C)(C)C)c3ccc(Cl)cc3)n2c1. The molecule has 2 N–H and O–H groups in total. The van der Waals surface area contributed by atoms with E-state index in [1.165, 1.54) is 6.07 Å². The predicted molar refractivity (Wildman–Crippen MR) is 148 cm³/mol. The maximum atomic E-state index is 14.1. The number of ether oxygens (including phenoxy) is 2. The number of nitrogens with one attached hydrogen (secondary N) is 2. The van der Waals surface area contributed by atoms with Crippen LogP contribution in [0.3, 0.4) is 0 Å². The maximum absolute atomic E-state index is 14.1. The van der Waals surface area contributed by atoms with E-state index in [1.807, 2.05) is 0 Å². The highest BCUT2D eigenvalue weighted by Crippen LogP contribution is 2.29. The molecule has 4 aromatic rings. The number of benzene rings is 2. The molecule has 2 aromatic carbocycles. The van der Waals surface area contributed by atoms with E-state index in [0.717, 1.165) is 17.7 Å². The first-order valence-electron chi connectivity index (χ1n) is 12.4. The van der Waals surface area contributed by atoms with Crippen molar-refractivity contribution in [2.24, 2.45) is 0 Å². The first-order valence-corrected chi connectivity index (χ1v) is 12.8. The molecule has 210 valence electrons. The van der Waals surface area contributed by atoms with E-state index < -0.39 is 35.3 Å². The molecule has 4 rings (SSSR count). The molecule has 0 saturated heterocycles. The van der Waals surface area contributed by atoms with Crippen LogP contribution in [0.1, 0.15) is 49.2 Å². The van der Waals surface area contributed by atoms with Crippen LogP contribution in [0.15, 0.2) is 54.7 Å². The summed E-state index contributed by atoms with van der Waals surface area (Å²) >= 11 is 6.02. The third-order valence-corrected chi connectivity index (χ3v) is 6.05. The highest BCUT2D eigenvalue weighted by Gasteiger charge is 2.28. The van der Waals surface area contributed by atoms with Crippen molar-refractivity contribution in [3.63, 3.8) is 0 Å². The first-order chi connectivity index (χ1) is 18.8. The van der Waals surface area contributed by atoms with E-state index >= 15 is 0 Å². The Bertz CT molecular complexity index is 1550. The van der Waals surface area contributed by atoms with E-state index in [1.54, 1.807) is 75.5 Å². The van der Waals surface area contributed by atoms with Crippen LogP contribution >= 0.6 is 11.6 Å². The molecule has 0 aliphatic rings. The molecule has 0 bridgehead atoms. The van der Waals surface area contributed by atoms with Crippen molar-refractivity contribution < 1.29 is 27.8 Å². The van der Waals surface area contributed by atoms with E-state index in [0.29, 0.717) is 27.7 Å². The summed E-state index contributed by atoms with van der Waals surface area (Å²) in [6.45, 7) is 8.29. The van der Waals surface area contributed by atoms with Crippen molar-refractivity contribution >= 4 is 35.1 Å². The van der Waals surface area contributed by atoms with Crippen LogP contribution in [-0.2, 0) is 16.1 Å². The summed E-state index contributed by atoms with van der Waals surface area (Å²) in [6, 6.07) is 10.6. The average molecular weight is 571 g/mol. The molecular weight excluding hydrogens is 542 g/mol. The van der Waals surface area contributed by atoms with Crippen molar-refractivity contribution in [2.45, 2.75) is 52.9 Å². The van der Waals surface area contributed by atoms with E-state index in [-0.39, 0.29) is 17.9 Å². The quantitative estimate of drug-likeness (QED) is 0.259. The Morgan fingerprint density at radius 3 is 2.35 bits per heavy atom. The highest BCUT2D eigenvalue weighted by atomic mass is 35.5. The lowest BCUT2D eigenvalue weighted by molar-refractivity contribution is -0.118. The lowest BCUT2D eigenvalue weighted by atomic mass is 10.1. The summed E-state index contributed by atoms with van der Waals surface area (Å²) < 4.78 is 41.0. The van der Waals surface area contributed by atoms with Gasteiger partial charge < -0.3 is 20.1 Å². The van der Waals surface area contributed by atoms with Crippen LogP contribution in [0, 0.1) is 25.5 Å². The molecule has 11 heteroatoms. The first kappa shape index (κ1) is 28.8. The number of carbonyl (C=O) groups is 2. The van der Waals surface area contributed by atoms with Crippen molar-refractivity contribution in [1.29, 1.82) is 0 Å². The number of hydrogen-bond acceptors (Lipinski definition) is 5. The van der Waals surface area contributed by atoms with Gasteiger partial charge in [-0.25, -0.2) is 18.6 Å². The molecule has 0 saturated carbocycles. The lowest BCUT2D eigenvalue weighted by Crippen LogP contribution is -2.40. The number of fused-ring (bicyclic) bond motifs is 1. The second-order valence-electron chi connectivity index (χ2n) is 10.2. The van der Waals surface area contributed by atoms with E-state index in [9.17, 15) is 18.4 Å². The number of imidazole rings is 1. The fourth-order valence-electron chi connectivity index (χ4n) is 4.00. The monoisotopic (exact) mass is 570 g/mol. The molecule has 0 aliphatic heterocycles. The van der Waals surface area contributed by atoms with Gasteiger partial charge in [-0.2, -0.15) is 0 Å². The molecule has 0 radical (unpaired) electrons. The highest BCUT2D eigenvalue weighted by molar-refractivity contribution is 6.30. The van der Waals surface area contributed by atoms with Gasteiger partial charge in [-0.1, -0.05) is 29.8 Å². The Hall–Kier alpha value is -4.18. The molecule has 1 unspecified atom stereocenters. The minimum Gasteiger partial charge on any atom is -0.485 e. The molecule has 2 amide bonds. The van der Waals surface area contributed by atoms with Crippen molar-refractivity contribution in [2.75, 3.05) is 5.32 Å². The Balaban J connectivity index is 1.65. The number of rotatable bonds is 7. The third-order valence-electron chi connectivity index (χ3n) is 5.80. The standard InChI is InChI=1S/C29H29ClF2N4O4/c1-16-13-23(39-15-20-21(31)7-6-8-22(20)32)26-33-17(2)25(36(26)14-16)35-27(37)24(18-9-11-19(30)12-10-18)34-28(38)40-29(3,4)5/h6-14,24H,15H2,1-5H3,(H,34,38)(H,35,37). The Labute approximate surface area is 235 Å². The van der Waals surface area contributed by atoms with Gasteiger partial charge in [-0.05, 0) is 76.1 Å². The van der Waals surface area contributed by atoms with Gasteiger partial charge >= 0.3 is 6.09 Å².